The summed E-state index contributed by atoms with van der Waals surface area (Å²) in [7, 11) is 3.42. The lowest BCUT2D eigenvalue weighted by atomic mass is 10.1. The Hall–Kier alpha value is -3.53. The summed E-state index contributed by atoms with van der Waals surface area (Å²) in [4.78, 5) is 25.6. The summed E-state index contributed by atoms with van der Waals surface area (Å²) in [6, 6.07) is 7.35. The van der Waals surface area contributed by atoms with E-state index in [0.717, 1.165) is 17.0 Å². The van der Waals surface area contributed by atoms with E-state index in [4.69, 9.17) is 13.9 Å². The van der Waals surface area contributed by atoms with Gasteiger partial charge in [-0.3, -0.25) is 4.79 Å². The number of ether oxygens (including phenoxy) is 2. The number of hydrogen-bond donors (Lipinski definition) is 1. The smallest absolute Gasteiger partial charge is 0.453 e. The maximum absolute atomic E-state index is 13.8. The van der Waals surface area contributed by atoms with Gasteiger partial charge in [0.05, 0.1) is 31.7 Å². The van der Waals surface area contributed by atoms with Gasteiger partial charge in [0, 0.05) is 5.56 Å². The summed E-state index contributed by atoms with van der Waals surface area (Å²) in [5, 5.41) is 12.0. The molecule has 0 radical (unpaired) electrons. The zero-order valence-electron chi connectivity index (χ0n) is 18.2. The van der Waals surface area contributed by atoms with Crippen molar-refractivity contribution in [2.75, 3.05) is 20.7 Å². The fourth-order valence-electron chi connectivity index (χ4n) is 3.13. The molecule has 0 unspecified atom stereocenters. The van der Waals surface area contributed by atoms with Crippen LogP contribution in [0.15, 0.2) is 45.6 Å². The number of alkyl halides is 3. The number of nitrogens with one attached hydrogen (secondary N) is 1. The van der Waals surface area contributed by atoms with Crippen molar-refractivity contribution >= 4 is 16.9 Å². The van der Waals surface area contributed by atoms with Gasteiger partial charge in [-0.2, -0.15) is 13.2 Å². The van der Waals surface area contributed by atoms with E-state index in [1.165, 1.54) is 24.3 Å². The molecule has 2 aromatic carbocycles. The van der Waals surface area contributed by atoms with Crippen molar-refractivity contribution in [1.29, 1.82) is 0 Å². The zero-order chi connectivity index (χ0) is 24.3. The number of carbonyl (C=O) groups excluding carboxylic acids is 1. The molecule has 3 rings (SSSR count). The van der Waals surface area contributed by atoms with Crippen LogP contribution >= 0.6 is 0 Å². The fraction of sp³-hybridized carbons (Fsp3) is 0.304. The van der Waals surface area contributed by atoms with Crippen LogP contribution < -0.4 is 20.2 Å². The Kier molecular flexibility index (Phi) is 6.97. The van der Waals surface area contributed by atoms with Gasteiger partial charge in [0.25, 0.3) is 5.76 Å². The van der Waals surface area contributed by atoms with Crippen molar-refractivity contribution < 1.29 is 41.9 Å². The molecule has 0 saturated carbocycles. The molecule has 0 fully saturated rings. The van der Waals surface area contributed by atoms with E-state index in [1.807, 2.05) is 6.92 Å². The number of rotatable bonds is 7. The number of fused-ring (bicyclic) bond motifs is 1. The molecule has 0 saturated heterocycles. The van der Waals surface area contributed by atoms with E-state index in [2.05, 4.69) is 0 Å². The first-order valence-corrected chi connectivity index (χ1v) is 10.1. The highest BCUT2D eigenvalue weighted by molar-refractivity contribution is 5.89. The average Bonchev–Trinajstić information content (AvgIpc) is 2.75. The molecule has 0 aliphatic heterocycles. The lowest BCUT2D eigenvalue weighted by Crippen LogP contribution is -3.04. The van der Waals surface area contributed by atoms with Gasteiger partial charge in [-0.25, -0.2) is 4.79 Å². The van der Waals surface area contributed by atoms with Crippen molar-refractivity contribution in [3.8, 4) is 17.2 Å². The van der Waals surface area contributed by atoms with Gasteiger partial charge in [-0.1, -0.05) is 18.7 Å². The number of esters is 1. The Morgan fingerprint density at radius 2 is 1.79 bits per heavy atom. The van der Waals surface area contributed by atoms with Crippen LogP contribution in [-0.2, 0) is 17.5 Å². The molecule has 0 spiro atoms. The molecule has 1 N–H and O–H groups in total. The van der Waals surface area contributed by atoms with E-state index >= 15 is 0 Å². The Bertz CT molecular complexity index is 1220. The van der Waals surface area contributed by atoms with Crippen LogP contribution in [0.3, 0.4) is 0 Å². The van der Waals surface area contributed by atoms with Crippen molar-refractivity contribution in [3.05, 3.63) is 63.5 Å². The fourth-order valence-corrected chi connectivity index (χ4v) is 3.13. The van der Waals surface area contributed by atoms with E-state index in [0.29, 0.717) is 6.42 Å². The summed E-state index contributed by atoms with van der Waals surface area (Å²) < 4.78 is 56.7. The molecule has 176 valence electrons. The number of carbonyl (C=O) groups is 1. The molecule has 1 heterocycles. The molecule has 0 atom stereocenters. The van der Waals surface area contributed by atoms with Crippen LogP contribution in [0, 0.1) is 0 Å². The van der Waals surface area contributed by atoms with E-state index in [-0.39, 0.29) is 35.4 Å². The van der Waals surface area contributed by atoms with E-state index in [9.17, 15) is 27.9 Å². The molecule has 0 bridgehead atoms. The molecule has 1 aromatic heterocycles. The SMILES string of the molecule is CCCOC(=O)c1ccc(Oc2c(C(F)(F)F)oc3c(C[NH+](C)C)c([O-])ccc3c2=O)cc1. The first-order chi connectivity index (χ1) is 15.5. The van der Waals surface area contributed by atoms with Crippen LogP contribution in [0.2, 0.25) is 0 Å². The summed E-state index contributed by atoms with van der Waals surface area (Å²) in [6.45, 7) is 2.12. The topological polar surface area (TPSA) is 93.2 Å². The quantitative estimate of drug-likeness (QED) is 0.540. The average molecular weight is 465 g/mol. The van der Waals surface area contributed by atoms with Gasteiger partial charge in [0.2, 0.25) is 11.2 Å². The maximum Gasteiger partial charge on any atom is 0.453 e. The number of benzene rings is 2. The summed E-state index contributed by atoms with van der Waals surface area (Å²) >= 11 is 0. The molecule has 33 heavy (non-hydrogen) atoms. The third-order valence-corrected chi connectivity index (χ3v) is 4.61. The van der Waals surface area contributed by atoms with Crippen LogP contribution in [0.4, 0.5) is 13.2 Å². The first kappa shape index (κ1) is 24.1. The molecule has 0 aliphatic rings. The zero-order valence-corrected chi connectivity index (χ0v) is 18.2. The second kappa shape index (κ2) is 9.53. The third-order valence-electron chi connectivity index (χ3n) is 4.61. The molecule has 7 nitrogen and oxygen atoms in total. The van der Waals surface area contributed by atoms with Gasteiger partial charge < -0.3 is 23.9 Å². The van der Waals surface area contributed by atoms with Crippen molar-refractivity contribution in [2.45, 2.75) is 26.1 Å². The van der Waals surface area contributed by atoms with Crippen LogP contribution in [-0.4, -0.2) is 26.7 Å². The lowest BCUT2D eigenvalue weighted by molar-refractivity contribution is -0.872. The third kappa shape index (κ3) is 5.28. The van der Waals surface area contributed by atoms with Crippen molar-refractivity contribution in [3.63, 3.8) is 0 Å². The Balaban J connectivity index is 2.09. The Morgan fingerprint density at radius 3 is 2.36 bits per heavy atom. The predicted molar refractivity (Wildman–Crippen MR) is 111 cm³/mol. The highest BCUT2D eigenvalue weighted by Crippen LogP contribution is 2.39. The van der Waals surface area contributed by atoms with Gasteiger partial charge in [-0.15, -0.1) is 0 Å². The van der Waals surface area contributed by atoms with Crippen LogP contribution in [0.25, 0.3) is 11.0 Å². The Labute approximate surface area is 186 Å². The standard InChI is InChI=1S/C23H22F3NO6/c1-4-11-31-22(30)13-5-7-14(8-6-13)32-20-18(29)15-9-10-17(28)16(12-27(2)3)19(15)33-21(20)23(24,25)26/h5-10,28H,4,11-12H2,1-3H3. The molecule has 0 amide bonds. The second-order valence-corrected chi connectivity index (χ2v) is 7.65. The molecule has 10 heteroatoms. The maximum atomic E-state index is 13.8. The minimum atomic E-state index is -5.06. The van der Waals surface area contributed by atoms with Crippen molar-refractivity contribution in [2.24, 2.45) is 0 Å². The number of quaternary nitrogens is 1. The van der Waals surface area contributed by atoms with Crippen LogP contribution in [0.5, 0.6) is 17.2 Å². The van der Waals surface area contributed by atoms with E-state index in [1.54, 1.807) is 14.1 Å². The highest BCUT2D eigenvalue weighted by Gasteiger charge is 2.41. The molecular formula is C23H22F3NO6. The monoisotopic (exact) mass is 465 g/mol. The summed E-state index contributed by atoms with van der Waals surface area (Å²) in [6.07, 6.45) is -4.43. The van der Waals surface area contributed by atoms with Gasteiger partial charge in [-0.05, 0) is 36.8 Å². The van der Waals surface area contributed by atoms with Gasteiger partial charge >= 0.3 is 12.1 Å². The number of hydrogen-bond acceptors (Lipinski definition) is 6. The second-order valence-electron chi connectivity index (χ2n) is 7.65. The first-order valence-electron chi connectivity index (χ1n) is 10.1. The lowest BCUT2D eigenvalue weighted by Gasteiger charge is -2.19. The van der Waals surface area contributed by atoms with Gasteiger partial charge in [0.15, 0.2) is 0 Å². The molecule has 3 aromatic rings. The highest BCUT2D eigenvalue weighted by atomic mass is 19.4. The van der Waals surface area contributed by atoms with E-state index < -0.39 is 40.4 Å². The normalized spacial score (nSPS) is 11.7. The summed E-state index contributed by atoms with van der Waals surface area (Å²) in [5.41, 5.74) is -1.33. The van der Waals surface area contributed by atoms with Crippen molar-refractivity contribution in [1.82, 2.24) is 0 Å². The van der Waals surface area contributed by atoms with Gasteiger partial charge in [0.1, 0.15) is 17.9 Å². The Morgan fingerprint density at radius 1 is 1.12 bits per heavy atom. The largest absolute Gasteiger partial charge is 0.872 e. The minimum Gasteiger partial charge on any atom is -0.872 e. The van der Waals surface area contributed by atoms with Crippen LogP contribution in [0.1, 0.15) is 35.0 Å². The minimum absolute atomic E-state index is 0.0309. The predicted octanol–water partition coefficient (Wildman–Crippen LogP) is 2.89. The molecule has 0 aliphatic carbocycles. The summed E-state index contributed by atoms with van der Waals surface area (Å²) in [5.74, 6) is -3.93. The number of halogens is 3. The molecular weight excluding hydrogens is 443 g/mol.